The molecule has 2 rings (SSSR count). The second-order valence-corrected chi connectivity index (χ2v) is 9.45. The summed E-state index contributed by atoms with van der Waals surface area (Å²) in [4.78, 5) is 12.5. The number of anilines is 1. The lowest BCUT2D eigenvalue weighted by atomic mass is 10.1. The molecular weight excluding hydrogens is 399 g/mol. The van der Waals surface area contributed by atoms with Crippen molar-refractivity contribution >= 4 is 33.4 Å². The fraction of sp³-hybridized carbons (Fsp3) is 0.350. The summed E-state index contributed by atoms with van der Waals surface area (Å²) < 4.78 is 38.5. The Labute approximate surface area is 170 Å². The van der Waals surface area contributed by atoms with Crippen molar-refractivity contribution in [3.63, 3.8) is 0 Å². The lowest BCUT2D eigenvalue weighted by molar-refractivity contribution is -0.121. The molecular formula is C20H25FN2O3S2. The largest absolute Gasteiger partial charge is 0.353 e. The number of thioether (sulfide) groups is 1. The van der Waals surface area contributed by atoms with Gasteiger partial charge in [-0.05, 0) is 49.2 Å². The Balaban J connectivity index is 1.90. The first-order chi connectivity index (χ1) is 13.2. The van der Waals surface area contributed by atoms with E-state index >= 15 is 0 Å². The average molecular weight is 425 g/mol. The molecule has 5 nitrogen and oxygen atoms in total. The molecule has 8 heteroatoms. The van der Waals surface area contributed by atoms with E-state index in [0.717, 1.165) is 16.3 Å². The molecule has 1 atom stereocenters. The molecule has 0 aliphatic rings. The molecule has 0 saturated carbocycles. The number of nitrogens with zero attached hydrogens (tertiary/aromatic N) is 1. The Morgan fingerprint density at radius 2 is 1.82 bits per heavy atom. The van der Waals surface area contributed by atoms with Gasteiger partial charge in [-0.3, -0.25) is 9.10 Å². The maximum atomic E-state index is 13.1. The summed E-state index contributed by atoms with van der Waals surface area (Å²) in [6.45, 7) is 4.01. The summed E-state index contributed by atoms with van der Waals surface area (Å²) in [6, 6.07) is 12.2. The van der Waals surface area contributed by atoms with Crippen molar-refractivity contribution in [3.05, 3.63) is 65.5 Å². The molecule has 1 N–H and O–H groups in total. The SMILES string of the molecule is Cc1ccccc1CSCCNC(=O)C(C)N(c1ccc(F)cc1)S(C)(=O)=O. The summed E-state index contributed by atoms with van der Waals surface area (Å²) in [5.74, 6) is 0.692. The molecule has 0 fully saturated rings. The van der Waals surface area contributed by atoms with Crippen LogP contribution in [0.15, 0.2) is 48.5 Å². The molecule has 0 radical (unpaired) electrons. The molecule has 2 aromatic carbocycles. The van der Waals surface area contributed by atoms with E-state index in [1.54, 1.807) is 11.8 Å². The molecule has 0 bridgehead atoms. The second-order valence-electron chi connectivity index (χ2n) is 6.48. The van der Waals surface area contributed by atoms with Crippen LogP contribution in [-0.2, 0) is 20.6 Å². The Morgan fingerprint density at radius 3 is 2.43 bits per heavy atom. The summed E-state index contributed by atoms with van der Waals surface area (Å²) >= 11 is 1.70. The first-order valence-electron chi connectivity index (χ1n) is 8.85. The minimum Gasteiger partial charge on any atom is -0.353 e. The van der Waals surface area contributed by atoms with Gasteiger partial charge in [-0.25, -0.2) is 12.8 Å². The molecule has 1 amide bonds. The third kappa shape index (κ3) is 6.24. The number of nitrogens with one attached hydrogen (secondary N) is 1. The Bertz CT molecular complexity index is 902. The maximum absolute atomic E-state index is 13.1. The van der Waals surface area contributed by atoms with Gasteiger partial charge in [-0.1, -0.05) is 24.3 Å². The number of carbonyl (C=O) groups is 1. The first kappa shape index (κ1) is 22.2. The Kier molecular flexibility index (Phi) is 7.88. The standard InChI is InChI=1S/C20H25FN2O3S2/c1-15-6-4-5-7-17(15)14-27-13-12-22-20(24)16(2)23(28(3,25)26)19-10-8-18(21)9-11-19/h4-11,16H,12-14H2,1-3H3,(H,22,24). The van der Waals surface area contributed by atoms with Crippen molar-refractivity contribution in [1.29, 1.82) is 0 Å². The highest BCUT2D eigenvalue weighted by molar-refractivity contribution is 7.98. The van der Waals surface area contributed by atoms with E-state index in [-0.39, 0.29) is 5.69 Å². The predicted molar refractivity (Wildman–Crippen MR) is 114 cm³/mol. The van der Waals surface area contributed by atoms with Gasteiger partial charge in [0.05, 0.1) is 11.9 Å². The van der Waals surface area contributed by atoms with Crippen molar-refractivity contribution in [1.82, 2.24) is 5.32 Å². The summed E-state index contributed by atoms with van der Waals surface area (Å²) in [7, 11) is -3.71. The van der Waals surface area contributed by atoms with Crippen LogP contribution < -0.4 is 9.62 Å². The molecule has 0 aromatic heterocycles. The van der Waals surface area contributed by atoms with E-state index in [0.29, 0.717) is 12.3 Å². The lowest BCUT2D eigenvalue weighted by Crippen LogP contribution is -2.48. The van der Waals surface area contributed by atoms with Crippen LogP contribution in [0.5, 0.6) is 0 Å². The predicted octanol–water partition coefficient (Wildman–Crippen LogP) is 3.34. The van der Waals surface area contributed by atoms with Crippen molar-refractivity contribution in [2.24, 2.45) is 0 Å². The Morgan fingerprint density at radius 1 is 1.18 bits per heavy atom. The quantitative estimate of drug-likeness (QED) is 0.627. The van der Waals surface area contributed by atoms with Gasteiger partial charge in [0.15, 0.2) is 0 Å². The molecule has 152 valence electrons. The lowest BCUT2D eigenvalue weighted by Gasteiger charge is -2.28. The Hall–Kier alpha value is -2.06. The zero-order valence-corrected chi connectivity index (χ0v) is 17.8. The smallest absolute Gasteiger partial charge is 0.243 e. The van der Waals surface area contributed by atoms with Gasteiger partial charge in [0.25, 0.3) is 0 Å². The highest BCUT2D eigenvalue weighted by Gasteiger charge is 2.28. The van der Waals surface area contributed by atoms with E-state index in [1.807, 2.05) is 12.1 Å². The van der Waals surface area contributed by atoms with Crippen LogP contribution in [0.25, 0.3) is 0 Å². The number of carbonyl (C=O) groups excluding carboxylic acids is 1. The number of hydrogen-bond donors (Lipinski definition) is 1. The minimum atomic E-state index is -3.71. The van der Waals surface area contributed by atoms with E-state index in [9.17, 15) is 17.6 Å². The van der Waals surface area contributed by atoms with Crippen LogP contribution in [0.4, 0.5) is 10.1 Å². The fourth-order valence-electron chi connectivity index (χ4n) is 2.75. The van der Waals surface area contributed by atoms with E-state index in [1.165, 1.54) is 42.3 Å². The number of sulfonamides is 1. The topological polar surface area (TPSA) is 66.5 Å². The van der Waals surface area contributed by atoms with Gasteiger partial charge >= 0.3 is 0 Å². The van der Waals surface area contributed by atoms with Gasteiger partial charge in [-0.15, -0.1) is 0 Å². The molecule has 1 unspecified atom stereocenters. The molecule has 0 heterocycles. The number of halogens is 1. The van der Waals surface area contributed by atoms with Crippen LogP contribution in [0.1, 0.15) is 18.1 Å². The number of rotatable bonds is 9. The average Bonchev–Trinajstić information content (AvgIpc) is 2.63. The van der Waals surface area contributed by atoms with Crippen LogP contribution >= 0.6 is 11.8 Å². The third-order valence-electron chi connectivity index (χ3n) is 4.23. The highest BCUT2D eigenvalue weighted by atomic mass is 32.2. The minimum absolute atomic E-state index is 0.250. The molecule has 0 aliphatic heterocycles. The highest BCUT2D eigenvalue weighted by Crippen LogP contribution is 2.21. The van der Waals surface area contributed by atoms with Crippen LogP contribution in [-0.4, -0.2) is 38.9 Å². The number of aryl methyl sites for hydroxylation is 1. The molecule has 0 aliphatic carbocycles. The fourth-order valence-corrected chi connectivity index (χ4v) is 4.85. The number of benzene rings is 2. The maximum Gasteiger partial charge on any atom is 0.243 e. The van der Waals surface area contributed by atoms with Gasteiger partial charge in [0.1, 0.15) is 11.9 Å². The van der Waals surface area contributed by atoms with E-state index in [2.05, 4.69) is 24.4 Å². The van der Waals surface area contributed by atoms with Gasteiger partial charge in [-0.2, -0.15) is 11.8 Å². The summed E-state index contributed by atoms with van der Waals surface area (Å²) in [6.07, 6.45) is 1.03. The molecule has 0 saturated heterocycles. The molecule has 28 heavy (non-hydrogen) atoms. The van der Waals surface area contributed by atoms with Crippen LogP contribution in [0.3, 0.4) is 0 Å². The molecule has 0 spiro atoms. The third-order valence-corrected chi connectivity index (χ3v) is 6.48. The molecule has 2 aromatic rings. The first-order valence-corrected chi connectivity index (χ1v) is 11.9. The number of hydrogen-bond acceptors (Lipinski definition) is 4. The van der Waals surface area contributed by atoms with Crippen LogP contribution in [0, 0.1) is 12.7 Å². The van der Waals surface area contributed by atoms with Gasteiger partial charge in [0, 0.05) is 18.1 Å². The van der Waals surface area contributed by atoms with Crippen molar-refractivity contribution in [3.8, 4) is 0 Å². The second kappa shape index (κ2) is 9.93. The van der Waals surface area contributed by atoms with Crippen LogP contribution in [0.2, 0.25) is 0 Å². The van der Waals surface area contributed by atoms with Gasteiger partial charge < -0.3 is 5.32 Å². The normalized spacial score (nSPS) is 12.4. The van der Waals surface area contributed by atoms with Gasteiger partial charge in [0.2, 0.25) is 15.9 Å². The van der Waals surface area contributed by atoms with E-state index < -0.39 is 27.8 Å². The zero-order valence-electron chi connectivity index (χ0n) is 16.2. The monoisotopic (exact) mass is 424 g/mol. The van der Waals surface area contributed by atoms with E-state index in [4.69, 9.17) is 0 Å². The van der Waals surface area contributed by atoms with Crippen molar-refractivity contribution < 1.29 is 17.6 Å². The van der Waals surface area contributed by atoms with Crippen molar-refractivity contribution in [2.45, 2.75) is 25.6 Å². The zero-order chi connectivity index (χ0) is 20.7. The summed E-state index contributed by atoms with van der Waals surface area (Å²) in [5.41, 5.74) is 2.74. The summed E-state index contributed by atoms with van der Waals surface area (Å²) in [5, 5.41) is 2.78. The van der Waals surface area contributed by atoms with Crippen molar-refractivity contribution in [2.75, 3.05) is 22.9 Å². The number of amides is 1.